The van der Waals surface area contributed by atoms with Crippen molar-refractivity contribution in [3.8, 4) is 11.6 Å². The molecule has 0 amide bonds. The Balaban J connectivity index is 0.00000480. The van der Waals surface area contributed by atoms with Gasteiger partial charge in [0.15, 0.2) is 12.6 Å². The van der Waals surface area contributed by atoms with E-state index in [1.807, 2.05) is 12.1 Å². The molecule has 10 heteroatoms. The van der Waals surface area contributed by atoms with Gasteiger partial charge in [-0.1, -0.05) is 19.1 Å². The van der Waals surface area contributed by atoms with Gasteiger partial charge >= 0.3 is 6.18 Å². The summed E-state index contributed by atoms with van der Waals surface area (Å²) in [5.41, 5.74) is 1.96. The maximum atomic E-state index is 12.3. The van der Waals surface area contributed by atoms with Gasteiger partial charge in [-0.05, 0) is 41.7 Å². The summed E-state index contributed by atoms with van der Waals surface area (Å²) in [4.78, 5) is 7.96. The van der Waals surface area contributed by atoms with Crippen LogP contribution in [-0.2, 0) is 6.54 Å². The molecule has 1 aromatic carbocycles. The fourth-order valence-corrected chi connectivity index (χ4v) is 2.71. The predicted molar refractivity (Wildman–Crippen MR) is 125 cm³/mol. The second-order valence-corrected chi connectivity index (χ2v) is 6.72. The van der Waals surface area contributed by atoms with Crippen LogP contribution in [0.1, 0.15) is 30.4 Å². The van der Waals surface area contributed by atoms with Crippen molar-refractivity contribution < 1.29 is 22.6 Å². The van der Waals surface area contributed by atoms with E-state index in [-0.39, 0.29) is 29.9 Å². The van der Waals surface area contributed by atoms with Crippen molar-refractivity contribution in [2.24, 2.45) is 4.99 Å². The molecule has 0 bridgehead atoms. The molecule has 0 aliphatic rings. The third kappa shape index (κ3) is 10.1. The number of halogens is 4. The number of rotatable bonds is 9. The fourth-order valence-electron chi connectivity index (χ4n) is 2.71. The number of ether oxygens (including phenoxy) is 2. The summed E-state index contributed by atoms with van der Waals surface area (Å²) in [5, 5.41) is 6.37. The first-order chi connectivity index (χ1) is 14.3. The molecule has 0 saturated heterocycles. The maximum Gasteiger partial charge on any atom is 0.422 e. The van der Waals surface area contributed by atoms with Crippen molar-refractivity contribution in [1.29, 1.82) is 0 Å². The lowest BCUT2D eigenvalue weighted by Crippen LogP contribution is -2.37. The standard InChI is InChI=1S/C21H27F3N4O2.HI/c1-15(17-4-6-18(29-3)7-5-17)8-10-27-20(25-2)28-13-16-9-11-26-19(12-16)30-14-21(22,23)24;/h4-7,9,11-12,15H,8,10,13-14H2,1-3H3,(H2,25,27,28);1H. The molecular weight excluding hydrogens is 524 g/mol. The van der Waals surface area contributed by atoms with E-state index >= 15 is 0 Å². The highest BCUT2D eigenvalue weighted by atomic mass is 127. The van der Waals surface area contributed by atoms with Crippen molar-refractivity contribution in [2.45, 2.75) is 32.0 Å². The van der Waals surface area contributed by atoms with E-state index in [1.165, 1.54) is 17.8 Å². The highest BCUT2D eigenvalue weighted by Crippen LogP contribution is 2.21. The molecule has 2 rings (SSSR count). The number of nitrogens with zero attached hydrogens (tertiary/aromatic N) is 2. The van der Waals surface area contributed by atoms with Crippen LogP contribution in [-0.4, -0.2) is 44.4 Å². The minimum absolute atomic E-state index is 0. The zero-order valence-electron chi connectivity index (χ0n) is 17.7. The third-order valence-electron chi connectivity index (χ3n) is 4.42. The van der Waals surface area contributed by atoms with E-state index in [1.54, 1.807) is 20.2 Å². The lowest BCUT2D eigenvalue weighted by atomic mass is 9.98. The Hall–Kier alpha value is -2.24. The molecule has 0 fully saturated rings. The van der Waals surface area contributed by atoms with E-state index in [0.29, 0.717) is 25.0 Å². The number of alkyl halides is 3. The Kier molecular flexibility index (Phi) is 11.4. The van der Waals surface area contributed by atoms with Crippen molar-refractivity contribution >= 4 is 29.9 Å². The highest BCUT2D eigenvalue weighted by Gasteiger charge is 2.28. The summed E-state index contributed by atoms with van der Waals surface area (Å²) < 4.78 is 46.6. The van der Waals surface area contributed by atoms with Crippen molar-refractivity contribution in [3.63, 3.8) is 0 Å². The van der Waals surface area contributed by atoms with Crippen LogP contribution in [0.2, 0.25) is 0 Å². The van der Waals surface area contributed by atoms with E-state index in [4.69, 9.17) is 4.74 Å². The average molecular weight is 552 g/mol. The summed E-state index contributed by atoms with van der Waals surface area (Å²) in [6.07, 6.45) is -2.09. The number of aliphatic imine (C=N–C) groups is 1. The Labute approximate surface area is 197 Å². The number of guanidine groups is 1. The average Bonchev–Trinajstić information content (AvgIpc) is 2.74. The molecule has 31 heavy (non-hydrogen) atoms. The molecule has 1 atom stereocenters. The van der Waals surface area contributed by atoms with Gasteiger partial charge in [0.2, 0.25) is 5.88 Å². The smallest absolute Gasteiger partial charge is 0.422 e. The van der Waals surface area contributed by atoms with Gasteiger partial charge in [-0.25, -0.2) is 4.98 Å². The molecule has 172 valence electrons. The Morgan fingerprint density at radius 3 is 2.48 bits per heavy atom. The van der Waals surface area contributed by atoms with Crippen molar-refractivity contribution in [1.82, 2.24) is 15.6 Å². The van der Waals surface area contributed by atoms with Crippen molar-refractivity contribution in [3.05, 3.63) is 53.7 Å². The predicted octanol–water partition coefficient (Wildman–Crippen LogP) is 4.51. The highest BCUT2D eigenvalue weighted by molar-refractivity contribution is 14.0. The number of benzene rings is 1. The summed E-state index contributed by atoms with van der Waals surface area (Å²) >= 11 is 0. The van der Waals surface area contributed by atoms with Gasteiger partial charge in [-0.3, -0.25) is 4.99 Å². The fraction of sp³-hybridized carbons (Fsp3) is 0.429. The van der Waals surface area contributed by atoms with Gasteiger partial charge in [0, 0.05) is 32.4 Å². The molecule has 1 unspecified atom stereocenters. The van der Waals surface area contributed by atoms with Crippen molar-refractivity contribution in [2.75, 3.05) is 27.3 Å². The van der Waals surface area contributed by atoms with E-state index < -0.39 is 12.8 Å². The van der Waals surface area contributed by atoms with E-state index in [9.17, 15) is 13.2 Å². The Morgan fingerprint density at radius 2 is 1.87 bits per heavy atom. The van der Waals surface area contributed by atoms with Crippen LogP contribution in [0.5, 0.6) is 11.6 Å². The monoisotopic (exact) mass is 552 g/mol. The molecule has 2 N–H and O–H groups in total. The molecule has 0 aliphatic heterocycles. The van der Waals surface area contributed by atoms with Crippen LogP contribution in [0.4, 0.5) is 13.2 Å². The van der Waals surface area contributed by atoms with Gasteiger partial charge in [-0.15, -0.1) is 24.0 Å². The van der Waals surface area contributed by atoms with E-state index in [0.717, 1.165) is 17.7 Å². The topological polar surface area (TPSA) is 67.8 Å². The summed E-state index contributed by atoms with van der Waals surface area (Å²) in [7, 11) is 3.30. The maximum absolute atomic E-state index is 12.3. The molecule has 6 nitrogen and oxygen atoms in total. The number of hydrogen-bond donors (Lipinski definition) is 2. The zero-order chi connectivity index (χ0) is 22.0. The molecule has 0 spiro atoms. The third-order valence-corrected chi connectivity index (χ3v) is 4.42. The SMILES string of the molecule is CN=C(NCCC(C)c1ccc(OC)cc1)NCc1ccnc(OCC(F)(F)F)c1.I. The number of hydrogen-bond acceptors (Lipinski definition) is 4. The molecule has 0 aliphatic carbocycles. The molecule has 2 aromatic rings. The molecule has 1 heterocycles. The lowest BCUT2D eigenvalue weighted by Gasteiger charge is -2.16. The normalized spacial score (nSPS) is 12.5. The minimum Gasteiger partial charge on any atom is -0.497 e. The molecular formula is C21H28F3IN4O2. The van der Waals surface area contributed by atoms with Gasteiger partial charge in [0.25, 0.3) is 0 Å². The first kappa shape index (κ1) is 26.8. The minimum atomic E-state index is -4.40. The van der Waals surface area contributed by atoms with Crippen LogP contribution in [0.3, 0.4) is 0 Å². The number of aromatic nitrogens is 1. The van der Waals surface area contributed by atoms with Gasteiger partial charge < -0.3 is 20.1 Å². The first-order valence-corrected chi connectivity index (χ1v) is 9.53. The zero-order valence-corrected chi connectivity index (χ0v) is 20.0. The number of methoxy groups -OCH3 is 1. The lowest BCUT2D eigenvalue weighted by molar-refractivity contribution is -0.154. The van der Waals surface area contributed by atoms with E-state index in [2.05, 4.69) is 44.4 Å². The van der Waals surface area contributed by atoms with Crippen LogP contribution in [0, 0.1) is 0 Å². The Morgan fingerprint density at radius 1 is 1.16 bits per heavy atom. The quantitative estimate of drug-likeness (QED) is 0.273. The second-order valence-electron chi connectivity index (χ2n) is 6.72. The summed E-state index contributed by atoms with van der Waals surface area (Å²) in [6, 6.07) is 11.2. The van der Waals surface area contributed by atoms with Crippen LogP contribution < -0.4 is 20.1 Å². The largest absolute Gasteiger partial charge is 0.497 e. The van der Waals surface area contributed by atoms with Crippen LogP contribution in [0.25, 0.3) is 0 Å². The Bertz CT molecular complexity index is 817. The summed E-state index contributed by atoms with van der Waals surface area (Å²) in [6.45, 7) is 1.87. The summed E-state index contributed by atoms with van der Waals surface area (Å²) in [5.74, 6) is 1.72. The van der Waals surface area contributed by atoms with Crippen LogP contribution >= 0.6 is 24.0 Å². The van der Waals surface area contributed by atoms with Crippen LogP contribution in [0.15, 0.2) is 47.6 Å². The number of pyridine rings is 1. The second kappa shape index (κ2) is 13.2. The number of nitrogens with one attached hydrogen (secondary N) is 2. The molecule has 0 saturated carbocycles. The van der Waals surface area contributed by atoms with Gasteiger partial charge in [-0.2, -0.15) is 13.2 Å². The first-order valence-electron chi connectivity index (χ1n) is 9.53. The molecule has 0 radical (unpaired) electrons. The van der Waals surface area contributed by atoms with Gasteiger partial charge in [0.1, 0.15) is 5.75 Å². The van der Waals surface area contributed by atoms with Gasteiger partial charge in [0.05, 0.1) is 7.11 Å². The molecule has 1 aromatic heterocycles.